The summed E-state index contributed by atoms with van der Waals surface area (Å²) in [6, 6.07) is 20.6. The Morgan fingerprint density at radius 3 is 2.50 bits per heavy atom. The Bertz CT molecular complexity index is 1170. The summed E-state index contributed by atoms with van der Waals surface area (Å²) in [5.74, 6) is -0.0249. The number of benzene rings is 3. The van der Waals surface area contributed by atoms with E-state index in [-0.39, 0.29) is 11.8 Å². The second kappa shape index (κ2) is 8.75. The molecule has 1 aromatic heterocycles. The standard InChI is InChI=1S/C22H16ClFN4O2/c23-18-12-5-4-11-17(18)20-27-28-21(30-20)19(14-7-2-1-3-8-14)26-22(29)25-16-10-6-9-15(24)13-16/h1-13,19H,(H2,25,26,29). The Kier molecular flexibility index (Phi) is 5.72. The minimum absolute atomic E-state index is 0.186. The highest BCUT2D eigenvalue weighted by molar-refractivity contribution is 6.33. The van der Waals surface area contributed by atoms with Crippen molar-refractivity contribution in [2.75, 3.05) is 5.32 Å². The molecule has 0 radical (unpaired) electrons. The second-order valence-electron chi connectivity index (χ2n) is 6.38. The van der Waals surface area contributed by atoms with Gasteiger partial charge in [-0.1, -0.05) is 60.1 Å². The molecule has 1 atom stereocenters. The van der Waals surface area contributed by atoms with Crippen LogP contribution in [-0.4, -0.2) is 16.2 Å². The molecular formula is C22H16ClFN4O2. The monoisotopic (exact) mass is 422 g/mol. The number of urea groups is 1. The second-order valence-corrected chi connectivity index (χ2v) is 6.79. The SMILES string of the molecule is O=C(Nc1cccc(F)c1)NC(c1ccccc1)c1nnc(-c2ccccc2Cl)o1. The largest absolute Gasteiger partial charge is 0.418 e. The van der Waals surface area contributed by atoms with Crippen LogP contribution >= 0.6 is 11.6 Å². The molecule has 1 heterocycles. The van der Waals surface area contributed by atoms with Crippen LogP contribution in [0.2, 0.25) is 5.02 Å². The van der Waals surface area contributed by atoms with E-state index in [0.29, 0.717) is 16.3 Å². The molecule has 0 spiro atoms. The van der Waals surface area contributed by atoms with E-state index < -0.39 is 17.9 Å². The van der Waals surface area contributed by atoms with Gasteiger partial charge < -0.3 is 15.1 Å². The van der Waals surface area contributed by atoms with Crippen molar-refractivity contribution in [3.05, 3.63) is 101 Å². The third-order valence-corrected chi connectivity index (χ3v) is 4.61. The molecule has 0 aliphatic carbocycles. The highest BCUT2D eigenvalue weighted by atomic mass is 35.5. The molecule has 0 fully saturated rings. The highest BCUT2D eigenvalue weighted by Gasteiger charge is 2.24. The molecule has 6 nitrogen and oxygen atoms in total. The fourth-order valence-electron chi connectivity index (χ4n) is 2.89. The van der Waals surface area contributed by atoms with Gasteiger partial charge in [-0.15, -0.1) is 10.2 Å². The zero-order chi connectivity index (χ0) is 20.9. The molecule has 2 N–H and O–H groups in total. The Labute approximate surface area is 176 Å². The van der Waals surface area contributed by atoms with E-state index in [9.17, 15) is 9.18 Å². The Morgan fingerprint density at radius 1 is 0.967 bits per heavy atom. The topological polar surface area (TPSA) is 80.0 Å². The van der Waals surface area contributed by atoms with Crippen LogP contribution in [0.1, 0.15) is 17.5 Å². The summed E-state index contributed by atoms with van der Waals surface area (Å²) in [6.07, 6.45) is 0. The summed E-state index contributed by atoms with van der Waals surface area (Å²) in [5.41, 5.74) is 1.65. The van der Waals surface area contributed by atoms with Gasteiger partial charge in [0.05, 0.1) is 10.6 Å². The number of carbonyl (C=O) groups is 1. The van der Waals surface area contributed by atoms with E-state index >= 15 is 0 Å². The molecule has 4 aromatic rings. The van der Waals surface area contributed by atoms with Crippen LogP contribution in [0.5, 0.6) is 0 Å². The normalized spacial score (nSPS) is 11.7. The van der Waals surface area contributed by atoms with Gasteiger partial charge in [-0.2, -0.15) is 0 Å². The maximum Gasteiger partial charge on any atom is 0.320 e. The molecule has 3 aromatic carbocycles. The molecule has 1 unspecified atom stereocenters. The van der Waals surface area contributed by atoms with Gasteiger partial charge in [0, 0.05) is 5.69 Å². The number of hydrogen-bond acceptors (Lipinski definition) is 4. The zero-order valence-electron chi connectivity index (χ0n) is 15.5. The minimum atomic E-state index is -0.719. The maximum absolute atomic E-state index is 13.4. The first kappa shape index (κ1) is 19.6. The quantitative estimate of drug-likeness (QED) is 0.448. The smallest absolute Gasteiger partial charge is 0.320 e. The van der Waals surface area contributed by atoms with Gasteiger partial charge in [0.15, 0.2) is 0 Å². The molecule has 150 valence electrons. The van der Waals surface area contributed by atoms with Crippen molar-refractivity contribution >= 4 is 23.3 Å². The first-order valence-corrected chi connectivity index (χ1v) is 9.44. The number of hydrogen-bond donors (Lipinski definition) is 2. The average Bonchev–Trinajstić information content (AvgIpc) is 3.22. The summed E-state index contributed by atoms with van der Waals surface area (Å²) in [7, 11) is 0. The number of nitrogens with zero attached hydrogens (tertiary/aromatic N) is 2. The van der Waals surface area contributed by atoms with E-state index in [0.717, 1.165) is 5.56 Å². The lowest BCUT2D eigenvalue weighted by Crippen LogP contribution is -2.33. The van der Waals surface area contributed by atoms with Gasteiger partial charge in [0.25, 0.3) is 0 Å². The Hall–Kier alpha value is -3.71. The molecular weight excluding hydrogens is 407 g/mol. The number of halogens is 2. The molecule has 0 aliphatic heterocycles. The third-order valence-electron chi connectivity index (χ3n) is 4.28. The van der Waals surface area contributed by atoms with E-state index in [4.69, 9.17) is 16.0 Å². The number of anilines is 1. The van der Waals surface area contributed by atoms with Crippen molar-refractivity contribution in [3.8, 4) is 11.5 Å². The highest BCUT2D eigenvalue weighted by Crippen LogP contribution is 2.29. The summed E-state index contributed by atoms with van der Waals surface area (Å²) >= 11 is 6.21. The van der Waals surface area contributed by atoms with E-state index in [2.05, 4.69) is 20.8 Å². The van der Waals surface area contributed by atoms with E-state index in [1.54, 1.807) is 24.3 Å². The summed E-state index contributed by atoms with van der Waals surface area (Å²) in [5, 5.41) is 14.0. The summed E-state index contributed by atoms with van der Waals surface area (Å²) in [6.45, 7) is 0. The van der Waals surface area contributed by atoms with Crippen LogP contribution in [0.3, 0.4) is 0 Å². The van der Waals surface area contributed by atoms with Crippen molar-refractivity contribution in [2.24, 2.45) is 0 Å². The Morgan fingerprint density at radius 2 is 1.73 bits per heavy atom. The molecule has 8 heteroatoms. The van der Waals surface area contributed by atoms with Gasteiger partial charge in [0.1, 0.15) is 11.9 Å². The lowest BCUT2D eigenvalue weighted by Gasteiger charge is -2.16. The minimum Gasteiger partial charge on any atom is -0.418 e. The third kappa shape index (κ3) is 4.47. The lowest BCUT2D eigenvalue weighted by molar-refractivity contribution is 0.248. The molecule has 0 aliphatic rings. The molecule has 0 bridgehead atoms. The number of carbonyl (C=O) groups excluding carboxylic acids is 1. The molecule has 0 saturated carbocycles. The Balaban J connectivity index is 1.61. The van der Waals surface area contributed by atoms with E-state index in [1.165, 1.54) is 18.2 Å². The van der Waals surface area contributed by atoms with Crippen LogP contribution in [-0.2, 0) is 0 Å². The first-order valence-electron chi connectivity index (χ1n) is 9.06. The molecule has 4 rings (SSSR count). The van der Waals surface area contributed by atoms with Crippen molar-refractivity contribution < 1.29 is 13.6 Å². The molecule has 30 heavy (non-hydrogen) atoms. The summed E-state index contributed by atoms with van der Waals surface area (Å²) < 4.78 is 19.2. The summed E-state index contributed by atoms with van der Waals surface area (Å²) in [4.78, 5) is 12.6. The molecule has 0 saturated heterocycles. The van der Waals surface area contributed by atoms with Gasteiger partial charge in [-0.05, 0) is 35.9 Å². The number of amides is 2. The van der Waals surface area contributed by atoms with Gasteiger partial charge >= 0.3 is 6.03 Å². The van der Waals surface area contributed by atoms with Crippen molar-refractivity contribution in [2.45, 2.75) is 6.04 Å². The van der Waals surface area contributed by atoms with Crippen molar-refractivity contribution in [1.82, 2.24) is 15.5 Å². The van der Waals surface area contributed by atoms with Crippen LogP contribution in [0, 0.1) is 5.82 Å². The van der Waals surface area contributed by atoms with Gasteiger partial charge in [0.2, 0.25) is 11.8 Å². The van der Waals surface area contributed by atoms with Gasteiger partial charge in [-0.25, -0.2) is 9.18 Å². The first-order chi connectivity index (χ1) is 14.6. The predicted octanol–water partition coefficient (Wildman–Crippen LogP) is 5.44. The number of rotatable bonds is 5. The zero-order valence-corrected chi connectivity index (χ0v) is 16.3. The molecule has 2 amide bonds. The fourth-order valence-corrected chi connectivity index (χ4v) is 3.11. The van der Waals surface area contributed by atoms with Crippen molar-refractivity contribution in [1.29, 1.82) is 0 Å². The number of aromatic nitrogens is 2. The van der Waals surface area contributed by atoms with Crippen LogP contribution < -0.4 is 10.6 Å². The lowest BCUT2D eigenvalue weighted by atomic mass is 10.1. The van der Waals surface area contributed by atoms with Crippen LogP contribution in [0.4, 0.5) is 14.9 Å². The van der Waals surface area contributed by atoms with Crippen molar-refractivity contribution in [3.63, 3.8) is 0 Å². The van der Waals surface area contributed by atoms with E-state index in [1.807, 2.05) is 36.4 Å². The number of nitrogens with one attached hydrogen (secondary N) is 2. The van der Waals surface area contributed by atoms with Crippen LogP contribution in [0.15, 0.2) is 83.3 Å². The van der Waals surface area contributed by atoms with Gasteiger partial charge in [-0.3, -0.25) is 0 Å². The van der Waals surface area contributed by atoms with Crippen LogP contribution in [0.25, 0.3) is 11.5 Å². The fraction of sp³-hybridized carbons (Fsp3) is 0.0455. The predicted molar refractivity (Wildman–Crippen MR) is 112 cm³/mol. The maximum atomic E-state index is 13.4. The average molecular weight is 423 g/mol.